The van der Waals surface area contributed by atoms with Crippen LogP contribution in [0.15, 0.2) is 84.1 Å². The van der Waals surface area contributed by atoms with E-state index < -0.39 is 10.0 Å². The monoisotopic (exact) mass is 453 g/mol. The van der Waals surface area contributed by atoms with E-state index in [2.05, 4.69) is 15.1 Å². The Bertz CT molecular complexity index is 1350. The standard InChI is InChI=1S/C22H20FN5O3S/c1-24-32(30,31)19-6-4-5-16(13-19)14-25-21(29)20-15-26-28(18-9-7-17(23)8-10-18)22(20)27-11-2-3-12-27/h2-13,15,24H,14H2,1H3,(H,25,29). The second-order valence-electron chi connectivity index (χ2n) is 6.90. The lowest BCUT2D eigenvalue weighted by atomic mass is 10.2. The molecule has 8 nitrogen and oxygen atoms in total. The third-order valence-corrected chi connectivity index (χ3v) is 6.25. The average Bonchev–Trinajstić information content (AvgIpc) is 3.48. The van der Waals surface area contributed by atoms with Crippen LogP contribution in [0.5, 0.6) is 0 Å². The molecule has 0 aliphatic carbocycles. The third-order valence-electron chi connectivity index (χ3n) is 4.84. The van der Waals surface area contributed by atoms with Gasteiger partial charge in [-0.25, -0.2) is 22.2 Å². The number of aromatic nitrogens is 3. The highest BCUT2D eigenvalue weighted by molar-refractivity contribution is 7.89. The summed E-state index contributed by atoms with van der Waals surface area (Å²) in [5.41, 5.74) is 1.53. The highest BCUT2D eigenvalue weighted by Gasteiger charge is 2.20. The summed E-state index contributed by atoms with van der Waals surface area (Å²) in [6, 6.07) is 15.7. The molecule has 4 rings (SSSR count). The number of hydrogen-bond acceptors (Lipinski definition) is 4. The van der Waals surface area contributed by atoms with Crippen LogP contribution in [0.3, 0.4) is 0 Å². The Morgan fingerprint density at radius 1 is 1.06 bits per heavy atom. The van der Waals surface area contributed by atoms with E-state index in [9.17, 15) is 17.6 Å². The molecule has 0 unspecified atom stereocenters. The van der Waals surface area contributed by atoms with Gasteiger partial charge in [-0.15, -0.1) is 0 Å². The van der Waals surface area contributed by atoms with Crippen LogP contribution in [-0.4, -0.2) is 35.7 Å². The summed E-state index contributed by atoms with van der Waals surface area (Å²) in [6.45, 7) is 0.124. The molecule has 2 heterocycles. The number of hydrogen-bond donors (Lipinski definition) is 2. The zero-order chi connectivity index (χ0) is 22.7. The minimum atomic E-state index is -3.58. The summed E-state index contributed by atoms with van der Waals surface area (Å²) in [6.07, 6.45) is 5.00. The van der Waals surface area contributed by atoms with E-state index in [1.54, 1.807) is 45.9 Å². The van der Waals surface area contributed by atoms with Crippen molar-refractivity contribution >= 4 is 15.9 Å². The number of sulfonamides is 1. The van der Waals surface area contributed by atoms with Crippen LogP contribution in [0.4, 0.5) is 4.39 Å². The molecular weight excluding hydrogens is 433 g/mol. The lowest BCUT2D eigenvalue weighted by molar-refractivity contribution is 0.0951. The number of benzene rings is 2. The smallest absolute Gasteiger partial charge is 0.256 e. The zero-order valence-corrected chi connectivity index (χ0v) is 17.9. The molecule has 0 atom stereocenters. The second-order valence-corrected chi connectivity index (χ2v) is 8.78. The number of amides is 1. The SMILES string of the molecule is CNS(=O)(=O)c1cccc(CNC(=O)c2cnn(-c3ccc(F)cc3)c2-n2cccc2)c1. The average molecular weight is 453 g/mol. The van der Waals surface area contributed by atoms with Gasteiger partial charge in [-0.05, 0) is 61.1 Å². The summed E-state index contributed by atoms with van der Waals surface area (Å²) in [5.74, 6) is -0.265. The second kappa shape index (κ2) is 8.77. The number of carbonyl (C=O) groups is 1. The Labute approximate surface area is 184 Å². The molecule has 0 spiro atoms. The lowest BCUT2D eigenvalue weighted by Crippen LogP contribution is -2.24. The molecule has 164 valence electrons. The van der Waals surface area contributed by atoms with E-state index in [1.165, 1.54) is 37.5 Å². The van der Waals surface area contributed by atoms with Crippen LogP contribution < -0.4 is 10.0 Å². The summed E-state index contributed by atoms with van der Waals surface area (Å²) < 4.78 is 42.9. The Kier molecular flexibility index (Phi) is 5.89. The van der Waals surface area contributed by atoms with Crippen molar-refractivity contribution in [3.63, 3.8) is 0 Å². The van der Waals surface area contributed by atoms with Gasteiger partial charge in [0.2, 0.25) is 10.0 Å². The van der Waals surface area contributed by atoms with Crippen LogP contribution in [0.1, 0.15) is 15.9 Å². The van der Waals surface area contributed by atoms with Crippen LogP contribution in [0.25, 0.3) is 11.5 Å². The maximum atomic E-state index is 13.4. The van der Waals surface area contributed by atoms with Gasteiger partial charge in [0.25, 0.3) is 5.91 Å². The van der Waals surface area contributed by atoms with Crippen molar-refractivity contribution in [2.24, 2.45) is 0 Å². The molecule has 1 amide bonds. The highest BCUT2D eigenvalue weighted by atomic mass is 32.2. The number of nitrogens with zero attached hydrogens (tertiary/aromatic N) is 3. The van der Waals surface area contributed by atoms with Gasteiger partial charge in [0, 0.05) is 18.9 Å². The van der Waals surface area contributed by atoms with Crippen molar-refractivity contribution in [3.05, 3.63) is 96.2 Å². The van der Waals surface area contributed by atoms with Gasteiger partial charge in [0.05, 0.1) is 16.8 Å². The molecule has 2 N–H and O–H groups in total. The Morgan fingerprint density at radius 3 is 2.47 bits per heavy atom. The van der Waals surface area contributed by atoms with Crippen LogP contribution in [0, 0.1) is 5.82 Å². The van der Waals surface area contributed by atoms with Gasteiger partial charge < -0.3 is 9.88 Å². The molecule has 0 aliphatic rings. The molecule has 0 fully saturated rings. The fraction of sp³-hybridized carbons (Fsp3) is 0.0909. The molecule has 0 aliphatic heterocycles. The van der Waals surface area contributed by atoms with Crippen molar-refractivity contribution in [1.29, 1.82) is 0 Å². The number of carbonyl (C=O) groups excluding carboxylic acids is 1. The fourth-order valence-corrected chi connectivity index (χ4v) is 4.02. The number of rotatable bonds is 7. The van der Waals surface area contributed by atoms with Crippen LogP contribution in [0.2, 0.25) is 0 Å². The van der Waals surface area contributed by atoms with Crippen molar-refractivity contribution < 1.29 is 17.6 Å². The molecular formula is C22H20FN5O3S. The van der Waals surface area contributed by atoms with Gasteiger partial charge >= 0.3 is 0 Å². The number of nitrogens with one attached hydrogen (secondary N) is 2. The lowest BCUT2D eigenvalue weighted by Gasteiger charge is -2.12. The predicted octanol–water partition coefficient (Wildman–Crippen LogP) is 2.64. The molecule has 0 saturated carbocycles. The van der Waals surface area contributed by atoms with E-state index in [4.69, 9.17) is 0 Å². The fourth-order valence-electron chi connectivity index (χ4n) is 3.22. The quantitative estimate of drug-likeness (QED) is 0.450. The maximum Gasteiger partial charge on any atom is 0.256 e. The molecule has 0 radical (unpaired) electrons. The zero-order valence-electron chi connectivity index (χ0n) is 17.1. The first kappa shape index (κ1) is 21.5. The van der Waals surface area contributed by atoms with Gasteiger partial charge in [0.1, 0.15) is 11.4 Å². The normalized spacial score (nSPS) is 11.4. The summed E-state index contributed by atoms with van der Waals surface area (Å²) in [4.78, 5) is 13.1. The minimum absolute atomic E-state index is 0.115. The molecule has 32 heavy (non-hydrogen) atoms. The van der Waals surface area contributed by atoms with Crippen LogP contribution in [-0.2, 0) is 16.6 Å². The van der Waals surface area contributed by atoms with Crippen molar-refractivity contribution in [2.45, 2.75) is 11.4 Å². The molecule has 2 aromatic carbocycles. The Hall–Kier alpha value is -3.76. The van der Waals surface area contributed by atoms with Gasteiger partial charge in [-0.3, -0.25) is 4.79 Å². The molecule has 0 bridgehead atoms. The first-order chi connectivity index (χ1) is 15.4. The molecule has 10 heteroatoms. The Balaban J connectivity index is 1.62. The van der Waals surface area contributed by atoms with E-state index >= 15 is 0 Å². The van der Waals surface area contributed by atoms with E-state index in [-0.39, 0.29) is 23.2 Å². The van der Waals surface area contributed by atoms with Crippen molar-refractivity contribution in [2.75, 3.05) is 7.05 Å². The van der Waals surface area contributed by atoms with E-state index in [1.807, 2.05) is 12.1 Å². The van der Waals surface area contributed by atoms with E-state index in [0.29, 0.717) is 22.6 Å². The maximum absolute atomic E-state index is 13.4. The number of halogens is 1. The first-order valence-electron chi connectivity index (χ1n) is 9.67. The Morgan fingerprint density at radius 2 is 1.78 bits per heavy atom. The molecule has 2 aromatic heterocycles. The third kappa shape index (κ3) is 4.32. The van der Waals surface area contributed by atoms with Gasteiger partial charge in [-0.2, -0.15) is 5.10 Å². The summed E-state index contributed by atoms with van der Waals surface area (Å²) in [7, 11) is -2.25. The first-order valence-corrected chi connectivity index (χ1v) is 11.2. The van der Waals surface area contributed by atoms with Crippen molar-refractivity contribution in [3.8, 4) is 11.5 Å². The highest BCUT2D eigenvalue weighted by Crippen LogP contribution is 2.20. The van der Waals surface area contributed by atoms with Gasteiger partial charge in [0.15, 0.2) is 5.82 Å². The van der Waals surface area contributed by atoms with E-state index in [0.717, 1.165) is 0 Å². The topological polar surface area (TPSA) is 98.0 Å². The van der Waals surface area contributed by atoms with Gasteiger partial charge in [-0.1, -0.05) is 12.1 Å². The minimum Gasteiger partial charge on any atom is -0.348 e. The molecule has 0 saturated heterocycles. The summed E-state index contributed by atoms with van der Waals surface area (Å²) >= 11 is 0. The summed E-state index contributed by atoms with van der Waals surface area (Å²) in [5, 5.41) is 7.14. The predicted molar refractivity (Wildman–Crippen MR) is 117 cm³/mol. The largest absolute Gasteiger partial charge is 0.348 e. The van der Waals surface area contributed by atoms with Crippen LogP contribution >= 0.6 is 0 Å². The molecule has 4 aromatic rings. The van der Waals surface area contributed by atoms with Crippen molar-refractivity contribution in [1.82, 2.24) is 24.4 Å².